The number of aromatic amines is 1. The Labute approximate surface area is 231 Å². The van der Waals surface area contributed by atoms with Crippen LogP contribution in [0.5, 0.6) is 0 Å². The summed E-state index contributed by atoms with van der Waals surface area (Å²) in [5, 5.41) is 8.13. The Hall–Kier alpha value is -3.80. The van der Waals surface area contributed by atoms with Crippen LogP contribution in [0.15, 0.2) is 41.5 Å². The first-order valence-corrected chi connectivity index (χ1v) is 13.7. The number of H-pyrrole nitrogens is 1. The van der Waals surface area contributed by atoms with Gasteiger partial charge in [0.05, 0.1) is 47.1 Å². The zero-order chi connectivity index (χ0) is 27.3. The number of hydrogen-bond donors (Lipinski definition) is 2. The highest BCUT2D eigenvalue weighted by Crippen LogP contribution is 2.47. The Morgan fingerprint density at radius 1 is 1.27 bits per heavy atom. The molecule has 4 bridgehead atoms. The standard InChI is InChI=1S/C29H30FN7O3.2H2/c1-31-29(14-40-29)25-17-7-8-18(10-17)37-24-20(36(3)28(37)38)11-32-27-22(24)21(16-6-4-5-15(9-16)13-39-25)23(33-27)19-12-35(2)34-26(19)30;;/h4-6,9,11-12,17-18,25,31H,7-8,10,13-14H2,1-3H3,(H,32,33);2*1H/t17-,18-,25?,29?;;/m1../s1. The lowest BCUT2D eigenvalue weighted by Crippen LogP contribution is -2.47. The van der Waals surface area contributed by atoms with Crippen molar-refractivity contribution in [1.29, 1.82) is 0 Å². The summed E-state index contributed by atoms with van der Waals surface area (Å²) in [6.07, 6.45) is 5.81. The summed E-state index contributed by atoms with van der Waals surface area (Å²) >= 11 is 0. The second kappa shape index (κ2) is 8.35. The third-order valence-electron chi connectivity index (χ3n) is 9.15. The number of nitrogens with one attached hydrogen (secondary N) is 2. The molecule has 2 N–H and O–H groups in total. The number of rotatable bonds is 3. The normalized spacial score (nSPS) is 25.9. The number of likely N-dealkylation sites (N-methyl/N-ethyl adjacent to an activating group) is 1. The minimum atomic E-state index is -0.572. The van der Waals surface area contributed by atoms with Crippen molar-refractivity contribution in [3.05, 3.63) is 58.7 Å². The predicted molar refractivity (Wildman–Crippen MR) is 151 cm³/mol. The van der Waals surface area contributed by atoms with Gasteiger partial charge in [-0.2, -0.15) is 4.39 Å². The topological polar surface area (TPSA) is 107 Å². The van der Waals surface area contributed by atoms with Crippen molar-refractivity contribution in [2.45, 2.75) is 43.7 Å². The average Bonchev–Trinajstić information content (AvgIpc) is 3.19. The highest BCUT2D eigenvalue weighted by Gasteiger charge is 2.55. The molecule has 2 fully saturated rings. The molecular formula is C29H34FN7O3. The molecule has 210 valence electrons. The predicted octanol–water partition coefficient (Wildman–Crippen LogP) is 4.10. The van der Waals surface area contributed by atoms with Crippen molar-refractivity contribution >= 4 is 22.1 Å². The van der Waals surface area contributed by atoms with E-state index < -0.39 is 11.7 Å². The average molecular weight is 548 g/mol. The van der Waals surface area contributed by atoms with E-state index in [4.69, 9.17) is 14.5 Å². The second-order valence-electron chi connectivity index (χ2n) is 11.4. The lowest BCUT2D eigenvalue weighted by atomic mass is 9.94. The van der Waals surface area contributed by atoms with Gasteiger partial charge >= 0.3 is 5.69 Å². The SMILES string of the molecule is CNC1(C2OCc3cccc(c3)-c3c(-c4cn(C)nc4F)[nH]c4ncc5c(c34)n(c(=O)n5C)[C@@H]3CC[C@@H]2C3)CO1.[HH].[HH]. The molecule has 0 spiro atoms. The molecule has 11 heteroatoms. The van der Waals surface area contributed by atoms with Crippen LogP contribution >= 0.6 is 0 Å². The summed E-state index contributed by atoms with van der Waals surface area (Å²) in [6.45, 7) is 1.01. The number of aryl methyl sites for hydroxylation is 2. The highest BCUT2D eigenvalue weighted by molar-refractivity contribution is 6.14. The van der Waals surface area contributed by atoms with Crippen molar-refractivity contribution in [2.24, 2.45) is 20.0 Å². The molecule has 0 radical (unpaired) electrons. The molecule has 1 aromatic carbocycles. The monoisotopic (exact) mass is 547 g/mol. The summed E-state index contributed by atoms with van der Waals surface area (Å²) in [4.78, 5) is 22.0. The van der Waals surface area contributed by atoms with Gasteiger partial charge in [-0.3, -0.25) is 19.1 Å². The Kier molecular flexibility index (Phi) is 5.02. The van der Waals surface area contributed by atoms with Gasteiger partial charge in [0.15, 0.2) is 5.72 Å². The number of benzene rings is 1. The molecule has 2 unspecified atom stereocenters. The molecule has 2 aliphatic heterocycles. The fourth-order valence-electron chi connectivity index (χ4n) is 7.12. The van der Waals surface area contributed by atoms with Gasteiger partial charge in [-0.1, -0.05) is 18.2 Å². The molecule has 40 heavy (non-hydrogen) atoms. The molecule has 1 aliphatic carbocycles. The molecule has 4 atom stereocenters. The maximum absolute atomic E-state index is 15.2. The van der Waals surface area contributed by atoms with E-state index in [0.29, 0.717) is 30.1 Å². The third-order valence-corrected chi connectivity index (χ3v) is 9.15. The van der Waals surface area contributed by atoms with E-state index in [-0.39, 0.29) is 26.6 Å². The van der Waals surface area contributed by atoms with Gasteiger partial charge in [0, 0.05) is 34.8 Å². The number of hydrogen-bond acceptors (Lipinski definition) is 6. The van der Waals surface area contributed by atoms with Crippen LogP contribution in [-0.4, -0.2) is 54.4 Å². The Morgan fingerprint density at radius 2 is 2.12 bits per heavy atom. The van der Waals surface area contributed by atoms with Gasteiger partial charge in [0.25, 0.3) is 0 Å². The maximum atomic E-state index is 15.2. The second-order valence-corrected chi connectivity index (χ2v) is 11.4. The van der Waals surface area contributed by atoms with Gasteiger partial charge in [-0.05, 0) is 49.4 Å². The molecule has 10 nitrogen and oxygen atoms in total. The lowest BCUT2D eigenvalue weighted by Gasteiger charge is -2.29. The maximum Gasteiger partial charge on any atom is 0.329 e. The number of ether oxygens (including phenoxy) is 2. The quantitative estimate of drug-likeness (QED) is 0.330. The molecular weight excluding hydrogens is 513 g/mol. The van der Waals surface area contributed by atoms with E-state index >= 15 is 4.39 Å². The van der Waals surface area contributed by atoms with Crippen LogP contribution < -0.4 is 11.0 Å². The zero-order valence-corrected chi connectivity index (χ0v) is 22.6. The van der Waals surface area contributed by atoms with Crippen molar-refractivity contribution in [2.75, 3.05) is 13.7 Å². The largest absolute Gasteiger partial charge is 0.369 e. The number of fused-ring (bicyclic) bond motifs is 6. The fraction of sp³-hybridized carbons (Fsp3) is 0.414. The van der Waals surface area contributed by atoms with Crippen LogP contribution in [0.4, 0.5) is 4.39 Å². The van der Waals surface area contributed by atoms with E-state index in [1.54, 1.807) is 31.1 Å². The summed E-state index contributed by atoms with van der Waals surface area (Å²) in [7, 11) is 5.40. The van der Waals surface area contributed by atoms with Gasteiger partial charge in [0.2, 0.25) is 5.95 Å². The first-order valence-electron chi connectivity index (χ1n) is 13.7. The molecule has 6 heterocycles. The molecule has 1 saturated heterocycles. The minimum Gasteiger partial charge on any atom is -0.369 e. The summed E-state index contributed by atoms with van der Waals surface area (Å²) in [5.74, 6) is -0.355. The summed E-state index contributed by atoms with van der Waals surface area (Å²) < 4.78 is 32.8. The van der Waals surface area contributed by atoms with Gasteiger partial charge in [0.1, 0.15) is 11.8 Å². The van der Waals surface area contributed by atoms with Crippen LogP contribution in [0.25, 0.3) is 44.5 Å². The van der Waals surface area contributed by atoms with Crippen molar-refractivity contribution in [3.63, 3.8) is 0 Å². The number of imidazole rings is 1. The number of halogens is 1. The van der Waals surface area contributed by atoms with Gasteiger partial charge in [-0.25, -0.2) is 9.78 Å². The zero-order valence-electron chi connectivity index (χ0n) is 22.6. The fourth-order valence-corrected chi connectivity index (χ4v) is 7.12. The van der Waals surface area contributed by atoms with Crippen molar-refractivity contribution in [3.8, 4) is 22.4 Å². The Bertz CT molecular complexity index is 1890. The van der Waals surface area contributed by atoms with E-state index in [1.165, 1.54) is 4.68 Å². The van der Waals surface area contributed by atoms with Gasteiger partial charge < -0.3 is 14.5 Å². The Morgan fingerprint density at radius 3 is 2.88 bits per heavy atom. The number of pyridine rings is 1. The van der Waals surface area contributed by atoms with Crippen LogP contribution in [0.2, 0.25) is 0 Å². The van der Waals surface area contributed by atoms with Crippen LogP contribution in [-0.2, 0) is 30.2 Å². The number of nitrogens with zero attached hydrogens (tertiary/aromatic N) is 5. The molecule has 1 saturated carbocycles. The van der Waals surface area contributed by atoms with E-state index in [9.17, 15) is 4.79 Å². The first kappa shape index (κ1) is 24.0. The highest BCUT2D eigenvalue weighted by atomic mass is 19.1. The van der Waals surface area contributed by atoms with E-state index in [1.807, 2.05) is 29.8 Å². The lowest BCUT2D eigenvalue weighted by molar-refractivity contribution is -0.0576. The smallest absolute Gasteiger partial charge is 0.329 e. The number of epoxide rings is 1. The van der Waals surface area contributed by atoms with Crippen molar-refractivity contribution in [1.82, 2.24) is 34.2 Å². The minimum absolute atomic E-state index is 0. The summed E-state index contributed by atoms with van der Waals surface area (Å²) in [6, 6.07) is 8.11. The van der Waals surface area contributed by atoms with Crippen LogP contribution in [0.3, 0.4) is 0 Å². The molecule has 4 aromatic heterocycles. The van der Waals surface area contributed by atoms with Crippen LogP contribution in [0, 0.1) is 11.9 Å². The van der Waals surface area contributed by atoms with E-state index in [0.717, 1.165) is 52.4 Å². The molecule has 5 aromatic rings. The number of aromatic nitrogens is 6. The van der Waals surface area contributed by atoms with E-state index in [2.05, 4.69) is 21.5 Å². The molecule has 0 amide bonds. The Balaban J connectivity index is 0.00000158. The first-order chi connectivity index (χ1) is 19.4. The molecule has 8 rings (SSSR count). The third kappa shape index (κ3) is 3.28. The molecule has 3 aliphatic rings. The van der Waals surface area contributed by atoms with Crippen LogP contribution in [0.1, 0.15) is 33.7 Å². The van der Waals surface area contributed by atoms with Crippen molar-refractivity contribution < 1.29 is 16.7 Å². The summed E-state index contributed by atoms with van der Waals surface area (Å²) in [5.41, 5.74) is 5.19. The van der Waals surface area contributed by atoms with Gasteiger partial charge in [-0.15, -0.1) is 5.10 Å².